The summed E-state index contributed by atoms with van der Waals surface area (Å²) in [6.07, 6.45) is 0.683. The molecule has 0 aliphatic rings. The van der Waals surface area contributed by atoms with Crippen molar-refractivity contribution in [3.05, 3.63) is 0 Å². The smallest absolute Gasteiger partial charge is 0.322 e. The van der Waals surface area contributed by atoms with Crippen LogP contribution in [0.1, 0.15) is 19.8 Å². The predicted octanol–water partition coefficient (Wildman–Crippen LogP) is 0.504. The molecule has 0 atom stereocenters. The Bertz CT molecular complexity index is 211. The molecule has 0 amide bonds. The van der Waals surface area contributed by atoms with Crippen LogP contribution in [0.3, 0.4) is 0 Å². The van der Waals surface area contributed by atoms with Gasteiger partial charge >= 0.3 is 11.9 Å². The minimum Gasteiger partial charge on any atom is -0.480 e. The number of carbonyl (C=O) groups is 2. The average molecular weight is 203 g/mol. The van der Waals surface area contributed by atoms with Crippen molar-refractivity contribution in [1.82, 2.24) is 4.90 Å². The van der Waals surface area contributed by atoms with Crippen molar-refractivity contribution in [2.45, 2.75) is 19.8 Å². The Balaban J connectivity index is 4.94. The lowest BCUT2D eigenvalue weighted by molar-refractivity contribution is -0.166. The van der Waals surface area contributed by atoms with Crippen molar-refractivity contribution in [2.75, 3.05) is 20.6 Å². The quantitative estimate of drug-likeness (QED) is 0.615. The van der Waals surface area contributed by atoms with E-state index in [9.17, 15) is 9.59 Å². The lowest BCUT2D eigenvalue weighted by Crippen LogP contribution is -2.46. The molecule has 0 saturated carbocycles. The van der Waals surface area contributed by atoms with Crippen LogP contribution in [-0.2, 0) is 9.59 Å². The fourth-order valence-electron chi connectivity index (χ4n) is 1.49. The fourth-order valence-corrected chi connectivity index (χ4v) is 1.49. The van der Waals surface area contributed by atoms with Gasteiger partial charge in [-0.05, 0) is 20.5 Å². The van der Waals surface area contributed by atoms with E-state index >= 15 is 0 Å². The third kappa shape index (κ3) is 2.70. The summed E-state index contributed by atoms with van der Waals surface area (Å²) in [5, 5.41) is 17.9. The predicted molar refractivity (Wildman–Crippen MR) is 51.2 cm³/mol. The first-order valence-electron chi connectivity index (χ1n) is 4.48. The summed E-state index contributed by atoms with van der Waals surface area (Å²) in [7, 11) is 3.33. The van der Waals surface area contributed by atoms with Crippen LogP contribution in [0.25, 0.3) is 0 Å². The van der Waals surface area contributed by atoms with Crippen LogP contribution in [0, 0.1) is 5.41 Å². The molecule has 0 aliphatic heterocycles. The van der Waals surface area contributed by atoms with Gasteiger partial charge in [-0.1, -0.05) is 13.3 Å². The first-order chi connectivity index (χ1) is 6.36. The second-order valence-corrected chi connectivity index (χ2v) is 3.68. The van der Waals surface area contributed by atoms with Gasteiger partial charge in [0.25, 0.3) is 0 Å². The summed E-state index contributed by atoms with van der Waals surface area (Å²) in [6.45, 7) is 1.79. The van der Waals surface area contributed by atoms with E-state index in [-0.39, 0.29) is 13.0 Å². The third-order valence-corrected chi connectivity index (χ3v) is 2.08. The summed E-state index contributed by atoms with van der Waals surface area (Å²) in [6, 6.07) is 0. The zero-order chi connectivity index (χ0) is 11.4. The molecule has 0 unspecified atom stereocenters. The summed E-state index contributed by atoms with van der Waals surface area (Å²) < 4.78 is 0. The maximum Gasteiger partial charge on any atom is 0.322 e. The van der Waals surface area contributed by atoms with E-state index in [0.717, 1.165) is 0 Å². The van der Waals surface area contributed by atoms with E-state index in [1.54, 1.807) is 25.9 Å². The van der Waals surface area contributed by atoms with Gasteiger partial charge in [0.2, 0.25) is 0 Å². The van der Waals surface area contributed by atoms with Gasteiger partial charge < -0.3 is 15.1 Å². The number of nitrogens with zero attached hydrogens (tertiary/aromatic N) is 1. The van der Waals surface area contributed by atoms with Crippen LogP contribution in [0.5, 0.6) is 0 Å². The summed E-state index contributed by atoms with van der Waals surface area (Å²) in [4.78, 5) is 23.5. The molecule has 0 saturated heterocycles. The van der Waals surface area contributed by atoms with Gasteiger partial charge in [-0.2, -0.15) is 0 Å². The van der Waals surface area contributed by atoms with E-state index in [2.05, 4.69) is 0 Å². The molecule has 82 valence electrons. The van der Waals surface area contributed by atoms with Crippen molar-refractivity contribution in [3.8, 4) is 0 Å². The molecule has 5 heteroatoms. The van der Waals surface area contributed by atoms with E-state index < -0.39 is 17.4 Å². The molecule has 0 heterocycles. The highest BCUT2D eigenvalue weighted by Gasteiger charge is 2.46. The van der Waals surface area contributed by atoms with Gasteiger partial charge in [0.05, 0.1) is 0 Å². The van der Waals surface area contributed by atoms with Crippen molar-refractivity contribution in [1.29, 1.82) is 0 Å². The largest absolute Gasteiger partial charge is 0.480 e. The summed E-state index contributed by atoms with van der Waals surface area (Å²) >= 11 is 0. The van der Waals surface area contributed by atoms with Crippen LogP contribution in [0.4, 0.5) is 0 Å². The highest BCUT2D eigenvalue weighted by molar-refractivity contribution is 5.98. The fraction of sp³-hybridized carbons (Fsp3) is 0.778. The number of carboxylic acid groups (broad SMARTS) is 2. The van der Waals surface area contributed by atoms with Crippen molar-refractivity contribution >= 4 is 11.9 Å². The molecule has 0 fully saturated rings. The lowest BCUT2D eigenvalue weighted by Gasteiger charge is -2.27. The molecule has 2 N–H and O–H groups in total. The Morgan fingerprint density at radius 3 is 1.86 bits per heavy atom. The molecule has 5 nitrogen and oxygen atoms in total. The maximum absolute atomic E-state index is 11.0. The number of carboxylic acids is 2. The van der Waals surface area contributed by atoms with Crippen LogP contribution < -0.4 is 0 Å². The number of rotatable bonds is 6. The van der Waals surface area contributed by atoms with E-state index in [0.29, 0.717) is 6.42 Å². The molecule has 0 aromatic carbocycles. The maximum atomic E-state index is 11.0. The summed E-state index contributed by atoms with van der Waals surface area (Å²) in [5.74, 6) is -2.53. The van der Waals surface area contributed by atoms with Crippen molar-refractivity contribution in [3.63, 3.8) is 0 Å². The summed E-state index contributed by atoms with van der Waals surface area (Å²) in [5.41, 5.74) is -1.67. The zero-order valence-corrected chi connectivity index (χ0v) is 8.78. The second kappa shape index (κ2) is 4.95. The molecule has 0 rings (SSSR count). The van der Waals surface area contributed by atoms with Gasteiger partial charge in [0.15, 0.2) is 5.41 Å². The highest BCUT2D eigenvalue weighted by Crippen LogP contribution is 2.25. The SMILES string of the molecule is CCCC(CN(C)C)(C(=O)O)C(=O)O. The second-order valence-electron chi connectivity index (χ2n) is 3.68. The molecular weight excluding hydrogens is 186 g/mol. The number of hydrogen-bond acceptors (Lipinski definition) is 3. The molecular formula is C9H17NO4. The van der Waals surface area contributed by atoms with E-state index in [4.69, 9.17) is 10.2 Å². The molecule has 14 heavy (non-hydrogen) atoms. The molecule has 0 aromatic heterocycles. The first-order valence-corrected chi connectivity index (χ1v) is 4.48. The van der Waals surface area contributed by atoms with Crippen LogP contribution in [0.2, 0.25) is 0 Å². The lowest BCUT2D eigenvalue weighted by atomic mass is 9.83. The Kier molecular flexibility index (Phi) is 4.56. The topological polar surface area (TPSA) is 77.8 Å². The highest BCUT2D eigenvalue weighted by atomic mass is 16.4. The van der Waals surface area contributed by atoms with Gasteiger partial charge in [-0.3, -0.25) is 9.59 Å². The molecule has 0 aliphatic carbocycles. The van der Waals surface area contributed by atoms with Crippen molar-refractivity contribution < 1.29 is 19.8 Å². The van der Waals surface area contributed by atoms with Gasteiger partial charge in [0.1, 0.15) is 0 Å². The molecule has 0 spiro atoms. The Morgan fingerprint density at radius 1 is 1.21 bits per heavy atom. The van der Waals surface area contributed by atoms with Crippen LogP contribution in [-0.4, -0.2) is 47.7 Å². The number of aliphatic carboxylic acids is 2. The van der Waals surface area contributed by atoms with E-state index in [1.807, 2.05) is 0 Å². The van der Waals surface area contributed by atoms with Gasteiger partial charge in [-0.25, -0.2) is 0 Å². The Labute approximate surface area is 83.3 Å². The standard InChI is InChI=1S/C9H17NO4/c1-4-5-9(7(11)12,8(13)14)6-10(2)3/h4-6H2,1-3H3,(H,11,12)(H,13,14). The zero-order valence-electron chi connectivity index (χ0n) is 8.78. The van der Waals surface area contributed by atoms with E-state index in [1.165, 1.54) is 0 Å². The van der Waals surface area contributed by atoms with Gasteiger partial charge in [-0.15, -0.1) is 0 Å². The minimum atomic E-state index is -1.67. The first kappa shape index (κ1) is 12.9. The molecule has 0 bridgehead atoms. The Hall–Kier alpha value is -1.10. The monoisotopic (exact) mass is 203 g/mol. The van der Waals surface area contributed by atoms with Crippen molar-refractivity contribution in [2.24, 2.45) is 5.41 Å². The normalized spacial score (nSPS) is 11.7. The molecule has 0 aromatic rings. The average Bonchev–Trinajstić information content (AvgIpc) is 2.01. The van der Waals surface area contributed by atoms with Crippen LogP contribution in [0.15, 0.2) is 0 Å². The Morgan fingerprint density at radius 2 is 1.64 bits per heavy atom. The third-order valence-electron chi connectivity index (χ3n) is 2.08. The molecule has 0 radical (unpaired) electrons. The van der Waals surface area contributed by atoms with Gasteiger partial charge in [0, 0.05) is 6.54 Å². The van der Waals surface area contributed by atoms with Crippen LogP contribution >= 0.6 is 0 Å². The minimum absolute atomic E-state index is 0.0194. The number of hydrogen-bond donors (Lipinski definition) is 2.